The molecule has 0 aliphatic carbocycles. The molecular formula is C16H26Cl2FN3O. The Bertz CT molecular complexity index is 453. The molecule has 7 heteroatoms. The summed E-state index contributed by atoms with van der Waals surface area (Å²) in [4.78, 5) is 13.9. The van der Waals surface area contributed by atoms with Crippen LogP contribution in [0.3, 0.4) is 0 Å². The minimum atomic E-state index is -0.214. The highest BCUT2D eigenvalue weighted by Gasteiger charge is 2.17. The first-order valence-electron chi connectivity index (χ1n) is 7.56. The minimum Gasteiger partial charge on any atom is -0.355 e. The fraction of sp³-hybridized carbons (Fsp3) is 0.562. The number of likely N-dealkylation sites (N-methyl/N-ethyl adjacent to an activating group) is 1. The molecule has 1 heterocycles. The molecule has 1 aromatic carbocycles. The van der Waals surface area contributed by atoms with E-state index in [-0.39, 0.29) is 36.5 Å². The first kappa shape index (κ1) is 22.1. The lowest BCUT2D eigenvalue weighted by Crippen LogP contribution is -2.36. The summed E-state index contributed by atoms with van der Waals surface area (Å²) >= 11 is 0. The standard InChI is InChI=1S/C16H24FN3O.2ClH/c1-20(12-13-4-6-14(17)7-5-13)10-9-19-16(21)11-15-3-2-8-18-15;;/h4-7,15,18H,2-3,8-12H2,1H3,(H,19,21);2*1H. The van der Waals surface area contributed by atoms with Gasteiger partial charge in [0.05, 0.1) is 0 Å². The van der Waals surface area contributed by atoms with E-state index in [2.05, 4.69) is 15.5 Å². The van der Waals surface area contributed by atoms with Crippen LogP contribution in [0.2, 0.25) is 0 Å². The monoisotopic (exact) mass is 365 g/mol. The van der Waals surface area contributed by atoms with Crippen molar-refractivity contribution in [1.82, 2.24) is 15.5 Å². The van der Waals surface area contributed by atoms with Crippen LogP contribution in [0.1, 0.15) is 24.8 Å². The zero-order valence-electron chi connectivity index (χ0n) is 13.4. The van der Waals surface area contributed by atoms with E-state index in [1.54, 1.807) is 12.1 Å². The summed E-state index contributed by atoms with van der Waals surface area (Å²) < 4.78 is 12.8. The summed E-state index contributed by atoms with van der Waals surface area (Å²) in [6, 6.07) is 6.87. The molecule has 4 nitrogen and oxygen atoms in total. The van der Waals surface area contributed by atoms with E-state index in [0.717, 1.165) is 31.6 Å². The van der Waals surface area contributed by atoms with Gasteiger partial charge in [0, 0.05) is 32.1 Å². The summed E-state index contributed by atoms with van der Waals surface area (Å²) in [5.74, 6) is -0.0984. The fourth-order valence-corrected chi connectivity index (χ4v) is 2.59. The van der Waals surface area contributed by atoms with E-state index in [0.29, 0.717) is 19.0 Å². The van der Waals surface area contributed by atoms with Crippen LogP contribution < -0.4 is 10.6 Å². The average molecular weight is 366 g/mol. The molecule has 23 heavy (non-hydrogen) atoms. The quantitative estimate of drug-likeness (QED) is 0.779. The van der Waals surface area contributed by atoms with Crippen molar-refractivity contribution in [2.75, 3.05) is 26.7 Å². The molecule has 132 valence electrons. The van der Waals surface area contributed by atoms with Gasteiger partial charge in [-0.3, -0.25) is 4.79 Å². The van der Waals surface area contributed by atoms with Crippen molar-refractivity contribution >= 4 is 30.7 Å². The molecule has 1 fully saturated rings. The molecule has 2 N–H and O–H groups in total. The Labute approximate surface area is 150 Å². The van der Waals surface area contributed by atoms with Crippen LogP contribution in [-0.4, -0.2) is 43.5 Å². The van der Waals surface area contributed by atoms with Gasteiger partial charge in [0.1, 0.15) is 5.82 Å². The molecule has 0 aromatic heterocycles. The van der Waals surface area contributed by atoms with Gasteiger partial charge in [-0.25, -0.2) is 4.39 Å². The lowest BCUT2D eigenvalue weighted by Gasteiger charge is -2.17. The highest BCUT2D eigenvalue weighted by molar-refractivity contribution is 5.85. The van der Waals surface area contributed by atoms with Crippen LogP contribution in [0.5, 0.6) is 0 Å². The third-order valence-electron chi connectivity index (χ3n) is 3.78. The number of halogens is 3. The molecule has 1 aromatic rings. The highest BCUT2D eigenvalue weighted by Crippen LogP contribution is 2.08. The van der Waals surface area contributed by atoms with Gasteiger partial charge in [0.25, 0.3) is 0 Å². The molecule has 0 spiro atoms. The molecule has 0 bridgehead atoms. The maximum Gasteiger partial charge on any atom is 0.221 e. The number of hydrogen-bond donors (Lipinski definition) is 2. The number of carbonyl (C=O) groups excluding carboxylic acids is 1. The van der Waals surface area contributed by atoms with Crippen LogP contribution in [0.15, 0.2) is 24.3 Å². The smallest absolute Gasteiger partial charge is 0.221 e. The SMILES string of the molecule is CN(CCNC(=O)CC1CCCN1)Cc1ccc(F)cc1.Cl.Cl. The second-order valence-electron chi connectivity index (χ2n) is 5.71. The topological polar surface area (TPSA) is 44.4 Å². The van der Waals surface area contributed by atoms with E-state index < -0.39 is 0 Å². The van der Waals surface area contributed by atoms with Gasteiger partial charge < -0.3 is 15.5 Å². The Morgan fingerprint density at radius 1 is 1.35 bits per heavy atom. The predicted molar refractivity (Wildman–Crippen MR) is 95.9 cm³/mol. The van der Waals surface area contributed by atoms with Gasteiger partial charge in [0.15, 0.2) is 0 Å². The van der Waals surface area contributed by atoms with Crippen molar-refractivity contribution in [1.29, 1.82) is 0 Å². The molecular weight excluding hydrogens is 340 g/mol. The fourth-order valence-electron chi connectivity index (χ4n) is 2.59. The summed E-state index contributed by atoms with van der Waals surface area (Å²) in [6.07, 6.45) is 2.83. The van der Waals surface area contributed by atoms with Crippen LogP contribution >= 0.6 is 24.8 Å². The van der Waals surface area contributed by atoms with Gasteiger partial charge in [-0.1, -0.05) is 12.1 Å². The molecule has 1 saturated heterocycles. The van der Waals surface area contributed by atoms with Gasteiger partial charge in [0.2, 0.25) is 5.91 Å². The summed E-state index contributed by atoms with van der Waals surface area (Å²) in [5.41, 5.74) is 1.07. The largest absolute Gasteiger partial charge is 0.355 e. The number of carbonyl (C=O) groups is 1. The zero-order valence-corrected chi connectivity index (χ0v) is 15.0. The summed E-state index contributed by atoms with van der Waals surface area (Å²) in [7, 11) is 1.99. The van der Waals surface area contributed by atoms with E-state index in [1.165, 1.54) is 18.6 Å². The number of rotatable bonds is 7. The predicted octanol–water partition coefficient (Wildman–Crippen LogP) is 2.36. The van der Waals surface area contributed by atoms with E-state index >= 15 is 0 Å². The first-order valence-corrected chi connectivity index (χ1v) is 7.56. The normalized spacial score (nSPS) is 16.6. The maximum atomic E-state index is 12.8. The third-order valence-corrected chi connectivity index (χ3v) is 3.78. The van der Waals surface area contributed by atoms with Gasteiger partial charge >= 0.3 is 0 Å². The number of amides is 1. The second kappa shape index (κ2) is 11.6. The molecule has 2 rings (SSSR count). The van der Waals surface area contributed by atoms with Crippen molar-refractivity contribution < 1.29 is 9.18 Å². The zero-order chi connectivity index (χ0) is 15.1. The van der Waals surface area contributed by atoms with Crippen molar-refractivity contribution in [3.05, 3.63) is 35.6 Å². The molecule has 1 unspecified atom stereocenters. The Kier molecular flexibility index (Phi) is 11.2. The van der Waals surface area contributed by atoms with Crippen LogP contribution in [0.25, 0.3) is 0 Å². The second-order valence-corrected chi connectivity index (χ2v) is 5.71. The Morgan fingerprint density at radius 2 is 2.04 bits per heavy atom. The lowest BCUT2D eigenvalue weighted by atomic mass is 10.1. The van der Waals surface area contributed by atoms with Crippen molar-refractivity contribution in [2.24, 2.45) is 0 Å². The van der Waals surface area contributed by atoms with Crippen molar-refractivity contribution in [3.63, 3.8) is 0 Å². The van der Waals surface area contributed by atoms with E-state index in [4.69, 9.17) is 0 Å². The van der Waals surface area contributed by atoms with Crippen molar-refractivity contribution in [3.8, 4) is 0 Å². The third kappa shape index (κ3) is 8.51. The Hall–Kier alpha value is -0.880. The molecule has 1 amide bonds. The summed E-state index contributed by atoms with van der Waals surface area (Å²) in [5, 5.41) is 6.28. The molecule has 1 atom stereocenters. The summed E-state index contributed by atoms with van der Waals surface area (Å²) in [6.45, 7) is 3.20. The van der Waals surface area contributed by atoms with Gasteiger partial charge in [-0.05, 0) is 44.1 Å². The number of nitrogens with one attached hydrogen (secondary N) is 2. The molecule has 1 aliphatic heterocycles. The van der Waals surface area contributed by atoms with Gasteiger partial charge in [-0.15, -0.1) is 24.8 Å². The lowest BCUT2D eigenvalue weighted by molar-refractivity contribution is -0.121. The number of hydrogen-bond acceptors (Lipinski definition) is 3. The maximum absolute atomic E-state index is 12.8. The van der Waals surface area contributed by atoms with Crippen LogP contribution in [0, 0.1) is 5.82 Å². The Balaban J connectivity index is 0.00000242. The Morgan fingerprint density at radius 3 is 2.65 bits per heavy atom. The highest BCUT2D eigenvalue weighted by atomic mass is 35.5. The molecule has 0 saturated carbocycles. The van der Waals surface area contributed by atoms with Crippen LogP contribution in [0.4, 0.5) is 4.39 Å². The molecule has 0 radical (unpaired) electrons. The van der Waals surface area contributed by atoms with E-state index in [1.807, 2.05) is 7.05 Å². The van der Waals surface area contributed by atoms with Gasteiger partial charge in [-0.2, -0.15) is 0 Å². The number of nitrogens with zero attached hydrogens (tertiary/aromatic N) is 1. The van der Waals surface area contributed by atoms with E-state index in [9.17, 15) is 9.18 Å². The first-order chi connectivity index (χ1) is 10.1. The molecule has 1 aliphatic rings. The number of benzene rings is 1. The average Bonchev–Trinajstić information content (AvgIpc) is 2.94. The minimum absolute atomic E-state index is 0. The van der Waals surface area contributed by atoms with Crippen molar-refractivity contribution in [2.45, 2.75) is 31.8 Å². The van der Waals surface area contributed by atoms with Crippen LogP contribution in [-0.2, 0) is 11.3 Å².